The zero-order chi connectivity index (χ0) is 24.2. The summed E-state index contributed by atoms with van der Waals surface area (Å²) in [6.45, 7) is 2.45. The van der Waals surface area contributed by atoms with E-state index in [4.69, 9.17) is 14.2 Å². The van der Waals surface area contributed by atoms with E-state index in [2.05, 4.69) is 0 Å². The summed E-state index contributed by atoms with van der Waals surface area (Å²) >= 11 is 0. The van der Waals surface area contributed by atoms with E-state index in [-0.39, 0.29) is 31.3 Å². The number of rotatable bonds is 7. The fourth-order valence-corrected chi connectivity index (χ4v) is 3.77. The van der Waals surface area contributed by atoms with Crippen LogP contribution in [0.3, 0.4) is 0 Å². The smallest absolute Gasteiger partial charge is 0.194 e. The third-order valence-corrected chi connectivity index (χ3v) is 5.53. The lowest BCUT2D eigenvalue weighted by Crippen LogP contribution is -2.31. The first-order valence-corrected chi connectivity index (χ1v) is 10.9. The molecule has 0 aromatic heterocycles. The monoisotopic (exact) mass is 478 g/mol. The van der Waals surface area contributed by atoms with Crippen LogP contribution in [0.1, 0.15) is 30.8 Å². The summed E-state index contributed by atoms with van der Waals surface area (Å²) in [4.78, 5) is 0. The molecular weight excluding hydrogens is 455 g/mol. The van der Waals surface area contributed by atoms with Crippen LogP contribution in [0.5, 0.6) is 5.75 Å². The maximum atomic E-state index is 14.2. The van der Waals surface area contributed by atoms with Crippen LogP contribution in [0, 0.1) is 35.0 Å². The Balaban J connectivity index is 1.33. The van der Waals surface area contributed by atoms with Gasteiger partial charge in [0.25, 0.3) is 0 Å². The third kappa shape index (κ3) is 5.39. The van der Waals surface area contributed by atoms with Crippen LogP contribution in [0.15, 0.2) is 48.5 Å². The van der Waals surface area contributed by atoms with Crippen molar-refractivity contribution >= 4 is 0 Å². The first-order chi connectivity index (χ1) is 16.4. The maximum Gasteiger partial charge on any atom is 0.194 e. The molecule has 8 heteroatoms. The van der Waals surface area contributed by atoms with Crippen molar-refractivity contribution < 1.29 is 36.2 Å². The lowest BCUT2D eigenvalue weighted by molar-refractivity contribution is -0.208. The summed E-state index contributed by atoms with van der Waals surface area (Å²) in [5.41, 5.74) is 1.96. The van der Waals surface area contributed by atoms with E-state index in [0.29, 0.717) is 23.1 Å². The molecule has 0 amide bonds. The van der Waals surface area contributed by atoms with E-state index in [0.717, 1.165) is 18.6 Å². The van der Waals surface area contributed by atoms with Crippen molar-refractivity contribution in [3.8, 4) is 16.9 Å². The number of aryl methyl sites for hydroxylation is 1. The Bertz CT molecular complexity index is 1100. The highest BCUT2D eigenvalue weighted by atomic mass is 19.2. The number of benzene rings is 3. The minimum absolute atomic E-state index is 0.0221. The lowest BCUT2D eigenvalue weighted by Gasteiger charge is -2.29. The topological polar surface area (TPSA) is 27.7 Å². The van der Waals surface area contributed by atoms with Gasteiger partial charge in [-0.3, -0.25) is 0 Å². The molecule has 4 rings (SSSR count). The molecule has 0 spiro atoms. The molecule has 0 atom stereocenters. The third-order valence-electron chi connectivity index (χ3n) is 5.53. The molecule has 0 aliphatic carbocycles. The van der Waals surface area contributed by atoms with Crippen LogP contribution in [0.25, 0.3) is 11.1 Å². The molecule has 0 radical (unpaired) electrons. The summed E-state index contributed by atoms with van der Waals surface area (Å²) in [5, 5.41) is 0. The number of hydrogen-bond acceptors (Lipinski definition) is 3. The second kappa shape index (κ2) is 10.5. The second-order valence-electron chi connectivity index (χ2n) is 8.19. The van der Waals surface area contributed by atoms with Crippen molar-refractivity contribution in [2.45, 2.75) is 26.1 Å². The molecule has 1 heterocycles. The number of hydrogen-bond donors (Lipinski definition) is 0. The largest absolute Gasteiger partial charge is 0.487 e. The molecule has 1 aliphatic heterocycles. The Kier molecular flexibility index (Phi) is 7.48. The summed E-state index contributed by atoms with van der Waals surface area (Å²) < 4.78 is 85.4. The molecule has 0 saturated carbocycles. The molecule has 0 unspecified atom stereocenters. The predicted molar refractivity (Wildman–Crippen MR) is 116 cm³/mol. The first kappa shape index (κ1) is 24.2. The van der Waals surface area contributed by atoms with E-state index in [1.807, 2.05) is 6.92 Å². The van der Waals surface area contributed by atoms with Crippen molar-refractivity contribution in [1.29, 1.82) is 0 Å². The first-order valence-electron chi connectivity index (χ1n) is 10.9. The van der Waals surface area contributed by atoms with Crippen LogP contribution >= 0.6 is 0 Å². The molecule has 3 aromatic carbocycles. The molecule has 34 heavy (non-hydrogen) atoms. The molecule has 1 saturated heterocycles. The average molecular weight is 478 g/mol. The van der Waals surface area contributed by atoms with Gasteiger partial charge in [0.15, 0.2) is 41.1 Å². The quantitative estimate of drug-likeness (QED) is 0.278. The van der Waals surface area contributed by atoms with Crippen molar-refractivity contribution in [1.82, 2.24) is 0 Å². The van der Waals surface area contributed by atoms with Crippen molar-refractivity contribution in [2.24, 2.45) is 5.92 Å². The Labute approximate surface area is 194 Å². The van der Waals surface area contributed by atoms with E-state index >= 15 is 0 Å². The van der Waals surface area contributed by atoms with Crippen LogP contribution in [0.2, 0.25) is 0 Å². The highest BCUT2D eigenvalue weighted by Gasteiger charge is 2.25. The Hall–Kier alpha value is -2.97. The number of halogens is 5. The van der Waals surface area contributed by atoms with E-state index in [1.54, 1.807) is 24.3 Å². The second-order valence-corrected chi connectivity index (χ2v) is 8.19. The molecule has 180 valence electrons. The summed E-state index contributed by atoms with van der Waals surface area (Å²) in [6, 6.07) is 11.0. The zero-order valence-electron chi connectivity index (χ0n) is 18.4. The van der Waals surface area contributed by atoms with Gasteiger partial charge in [0.05, 0.1) is 19.8 Å². The van der Waals surface area contributed by atoms with Crippen molar-refractivity contribution in [3.63, 3.8) is 0 Å². The normalized spacial score (nSPS) is 18.2. The van der Waals surface area contributed by atoms with Gasteiger partial charge in [-0.25, -0.2) is 22.0 Å². The fourth-order valence-electron chi connectivity index (χ4n) is 3.77. The minimum atomic E-state index is -1.51. The van der Waals surface area contributed by atoms with Gasteiger partial charge < -0.3 is 14.2 Å². The van der Waals surface area contributed by atoms with Gasteiger partial charge in [-0.2, -0.15) is 0 Å². The fraction of sp³-hybridized carbons (Fsp3) is 0.308. The molecule has 1 aliphatic rings. The molecule has 1 fully saturated rings. The summed E-state index contributed by atoms with van der Waals surface area (Å²) in [6.07, 6.45) is 0.690. The van der Waals surface area contributed by atoms with Gasteiger partial charge >= 0.3 is 0 Å². The van der Waals surface area contributed by atoms with E-state index in [1.165, 1.54) is 12.1 Å². The highest BCUT2D eigenvalue weighted by Crippen LogP contribution is 2.30. The highest BCUT2D eigenvalue weighted by molar-refractivity contribution is 5.64. The van der Waals surface area contributed by atoms with Crippen LogP contribution in [0.4, 0.5) is 22.0 Å². The summed E-state index contributed by atoms with van der Waals surface area (Å²) in [5.74, 6) is -6.14. The molecule has 3 nitrogen and oxygen atoms in total. The van der Waals surface area contributed by atoms with Crippen LogP contribution in [-0.4, -0.2) is 19.8 Å². The number of ether oxygens (including phenoxy) is 3. The van der Waals surface area contributed by atoms with Gasteiger partial charge in [-0.05, 0) is 47.4 Å². The summed E-state index contributed by atoms with van der Waals surface area (Å²) in [7, 11) is 0. The Morgan fingerprint density at radius 2 is 1.38 bits per heavy atom. The van der Waals surface area contributed by atoms with E-state index in [9.17, 15) is 22.0 Å². The van der Waals surface area contributed by atoms with Gasteiger partial charge in [0.1, 0.15) is 0 Å². The van der Waals surface area contributed by atoms with Gasteiger partial charge in [-0.1, -0.05) is 37.6 Å². The zero-order valence-corrected chi connectivity index (χ0v) is 18.4. The molecule has 0 N–H and O–H groups in total. The van der Waals surface area contributed by atoms with Crippen LogP contribution in [-0.2, 0) is 15.9 Å². The molecule has 0 bridgehead atoms. The van der Waals surface area contributed by atoms with Gasteiger partial charge in [0.2, 0.25) is 0 Å². The SMILES string of the molecule is CCCc1cc(F)c(OCC2COC(c3ccc(-c4cc(F)c(F)c(F)c4)cc3)OC2)c(F)c1. The van der Waals surface area contributed by atoms with E-state index < -0.39 is 41.1 Å². The predicted octanol–water partition coefficient (Wildman–Crippen LogP) is 6.74. The Morgan fingerprint density at radius 3 is 1.94 bits per heavy atom. The van der Waals surface area contributed by atoms with Gasteiger partial charge in [0, 0.05) is 11.5 Å². The maximum absolute atomic E-state index is 14.2. The average Bonchev–Trinajstić information content (AvgIpc) is 2.82. The molecule has 3 aromatic rings. The molecular formula is C26H23F5O3. The van der Waals surface area contributed by atoms with Gasteiger partial charge in [-0.15, -0.1) is 0 Å². The standard InChI is InChI=1S/C26H23F5O3/c1-2-3-15-8-22(29)25(23(30)9-15)32-12-16-13-33-26(34-14-16)18-6-4-17(5-7-18)19-10-20(27)24(31)21(28)11-19/h4-11,16,26H,2-3,12-14H2,1H3. The van der Waals surface area contributed by atoms with Crippen molar-refractivity contribution in [3.05, 3.63) is 88.7 Å². The van der Waals surface area contributed by atoms with Crippen LogP contribution < -0.4 is 4.74 Å². The minimum Gasteiger partial charge on any atom is -0.487 e. The van der Waals surface area contributed by atoms with Crippen molar-refractivity contribution in [2.75, 3.05) is 19.8 Å². The Morgan fingerprint density at radius 1 is 0.794 bits per heavy atom. The lowest BCUT2D eigenvalue weighted by atomic mass is 10.0.